The van der Waals surface area contributed by atoms with E-state index in [1.165, 1.54) is 57.4 Å². The summed E-state index contributed by atoms with van der Waals surface area (Å²) in [6.45, 7) is 2.37. The predicted molar refractivity (Wildman–Crippen MR) is 186 cm³/mol. The highest BCUT2D eigenvalue weighted by atomic mass is 16.6. The summed E-state index contributed by atoms with van der Waals surface area (Å²) in [5, 5.41) is 27.3. The van der Waals surface area contributed by atoms with Gasteiger partial charge in [0.1, 0.15) is 12.3 Å². The monoisotopic (exact) mass is 661 g/mol. The largest absolute Gasteiger partial charge is 0.462 e. The molecule has 0 unspecified atom stereocenters. The summed E-state index contributed by atoms with van der Waals surface area (Å²) in [6, 6.07) is 4.37. The molecular formula is C35H59N5O7. The second-order valence-corrected chi connectivity index (χ2v) is 12.3. The van der Waals surface area contributed by atoms with Crippen molar-refractivity contribution in [2.45, 2.75) is 154 Å². The van der Waals surface area contributed by atoms with Gasteiger partial charge in [0.2, 0.25) is 0 Å². The number of nitro groups is 1. The predicted octanol–water partition coefficient (Wildman–Crippen LogP) is 10.00. The van der Waals surface area contributed by atoms with E-state index < -0.39 is 11.0 Å². The summed E-state index contributed by atoms with van der Waals surface area (Å²) >= 11 is 0. The molecule has 0 aliphatic carbocycles. The van der Waals surface area contributed by atoms with Crippen molar-refractivity contribution in [3.63, 3.8) is 0 Å². The number of ether oxygens (including phenoxy) is 2. The zero-order valence-electron chi connectivity index (χ0n) is 28.7. The zero-order chi connectivity index (χ0) is 34.4. The summed E-state index contributed by atoms with van der Waals surface area (Å²) in [5.74, 6) is -0.690. The lowest BCUT2D eigenvalue weighted by Crippen LogP contribution is -2.28. The average molecular weight is 662 g/mol. The van der Waals surface area contributed by atoms with E-state index in [4.69, 9.17) is 15.0 Å². The third-order valence-electron chi connectivity index (χ3n) is 8.13. The molecule has 47 heavy (non-hydrogen) atoms. The minimum Gasteiger partial charge on any atom is -0.462 e. The van der Waals surface area contributed by atoms with Crippen molar-refractivity contribution in [2.75, 3.05) is 25.1 Å². The number of hydrogen-bond acceptors (Lipinski definition) is 9. The van der Waals surface area contributed by atoms with Gasteiger partial charge in [0.05, 0.1) is 11.5 Å². The maximum Gasteiger partial charge on any atom is 0.306 e. The minimum atomic E-state index is -0.821. The zero-order valence-corrected chi connectivity index (χ0v) is 28.7. The number of unbranched alkanes of at least 4 members (excludes halogenated alkanes) is 18. The molecule has 0 aromatic heterocycles. The summed E-state index contributed by atoms with van der Waals surface area (Å²) in [5.41, 5.74) is 9.02. The number of rotatable bonds is 31. The highest BCUT2D eigenvalue weighted by Gasteiger charge is 2.16. The number of hydrogen-bond donors (Lipinski definition) is 2. The van der Waals surface area contributed by atoms with Gasteiger partial charge in [-0.25, -0.2) is 0 Å². The van der Waals surface area contributed by atoms with Gasteiger partial charge >= 0.3 is 11.9 Å². The van der Waals surface area contributed by atoms with Crippen molar-refractivity contribution in [2.24, 2.45) is 5.11 Å². The first-order valence-electron chi connectivity index (χ1n) is 17.9. The Morgan fingerprint density at radius 2 is 1.36 bits per heavy atom. The highest BCUT2D eigenvalue weighted by Crippen LogP contribution is 2.29. The molecule has 0 saturated carbocycles. The molecule has 2 N–H and O–H groups in total. The van der Waals surface area contributed by atoms with Crippen molar-refractivity contribution in [3.05, 3.63) is 38.8 Å². The SMILES string of the molecule is CCCCCCCCCCCCCC(=O)OC[C@H](CO)OC(=O)CCCCCCCCCCCNc1ccc(N=[N+]=[N-])cc1[N+](=O)[O-]. The maximum absolute atomic E-state index is 12.2. The van der Waals surface area contributed by atoms with Crippen LogP contribution in [0.15, 0.2) is 23.3 Å². The Kier molecular flexibility index (Phi) is 25.5. The highest BCUT2D eigenvalue weighted by molar-refractivity contribution is 5.70. The first-order valence-corrected chi connectivity index (χ1v) is 17.9. The maximum atomic E-state index is 12.2. The second kappa shape index (κ2) is 28.8. The molecular weight excluding hydrogens is 602 g/mol. The van der Waals surface area contributed by atoms with E-state index in [-0.39, 0.29) is 42.9 Å². The van der Waals surface area contributed by atoms with Crippen LogP contribution in [0.25, 0.3) is 10.4 Å². The van der Waals surface area contributed by atoms with Crippen molar-refractivity contribution < 1.29 is 29.1 Å². The summed E-state index contributed by atoms with van der Waals surface area (Å²) < 4.78 is 10.5. The van der Waals surface area contributed by atoms with Crippen molar-refractivity contribution in [1.82, 2.24) is 0 Å². The first-order chi connectivity index (χ1) is 22.9. The van der Waals surface area contributed by atoms with Crippen LogP contribution in [-0.4, -0.2) is 47.8 Å². The molecule has 0 aliphatic rings. The number of nitrogens with zero attached hydrogens (tertiary/aromatic N) is 4. The third kappa shape index (κ3) is 22.7. The van der Waals surface area contributed by atoms with Gasteiger partial charge in [-0.05, 0) is 30.9 Å². The number of esters is 2. The van der Waals surface area contributed by atoms with Crippen molar-refractivity contribution in [3.8, 4) is 0 Å². The summed E-state index contributed by atoms with van der Waals surface area (Å²) in [6.07, 6.45) is 22.1. The van der Waals surface area contributed by atoms with E-state index in [1.807, 2.05) is 0 Å². The topological polar surface area (TPSA) is 177 Å². The lowest BCUT2D eigenvalue weighted by molar-refractivity contribution is -0.383. The molecule has 266 valence electrons. The van der Waals surface area contributed by atoms with Crippen LogP contribution in [0.3, 0.4) is 0 Å². The number of carbonyl (C=O) groups is 2. The molecule has 0 spiro atoms. The number of benzene rings is 1. The van der Waals surface area contributed by atoms with Crippen LogP contribution in [0, 0.1) is 10.1 Å². The molecule has 0 saturated heterocycles. The van der Waals surface area contributed by atoms with Gasteiger partial charge in [-0.1, -0.05) is 127 Å². The Labute approximate surface area is 281 Å². The molecule has 12 heteroatoms. The van der Waals surface area contributed by atoms with E-state index in [0.29, 0.717) is 18.7 Å². The number of aliphatic hydroxyl groups excluding tert-OH is 1. The van der Waals surface area contributed by atoms with Gasteiger partial charge in [-0.2, -0.15) is 0 Å². The van der Waals surface area contributed by atoms with Crippen LogP contribution in [0.4, 0.5) is 17.1 Å². The van der Waals surface area contributed by atoms with E-state index in [0.717, 1.165) is 77.0 Å². The van der Waals surface area contributed by atoms with Gasteiger partial charge in [-0.3, -0.25) is 19.7 Å². The van der Waals surface area contributed by atoms with E-state index in [2.05, 4.69) is 22.3 Å². The normalized spacial score (nSPS) is 11.4. The molecule has 12 nitrogen and oxygen atoms in total. The molecule has 0 amide bonds. The number of carbonyl (C=O) groups excluding carboxylic acids is 2. The van der Waals surface area contributed by atoms with Crippen LogP contribution in [0.5, 0.6) is 0 Å². The molecule has 0 bridgehead atoms. The van der Waals surface area contributed by atoms with E-state index >= 15 is 0 Å². The molecule has 1 aromatic carbocycles. The Hall–Kier alpha value is -3.37. The number of nitro benzene ring substituents is 1. The fraction of sp³-hybridized carbons (Fsp3) is 0.771. The van der Waals surface area contributed by atoms with Crippen molar-refractivity contribution in [1.29, 1.82) is 0 Å². The van der Waals surface area contributed by atoms with Crippen LogP contribution in [0.1, 0.15) is 148 Å². The van der Waals surface area contributed by atoms with Crippen LogP contribution in [-0.2, 0) is 19.1 Å². The fourth-order valence-electron chi connectivity index (χ4n) is 5.35. The summed E-state index contributed by atoms with van der Waals surface area (Å²) in [4.78, 5) is 37.6. The smallest absolute Gasteiger partial charge is 0.306 e. The Balaban J connectivity index is 1.98. The molecule has 0 aliphatic heterocycles. The molecule has 0 heterocycles. The Morgan fingerprint density at radius 1 is 0.851 bits per heavy atom. The molecule has 1 rings (SSSR count). The van der Waals surface area contributed by atoms with Gasteiger partial charge < -0.3 is 19.9 Å². The summed E-state index contributed by atoms with van der Waals surface area (Å²) in [7, 11) is 0. The van der Waals surface area contributed by atoms with Gasteiger partial charge in [0, 0.05) is 36.1 Å². The quantitative estimate of drug-likeness (QED) is 0.0150. The fourth-order valence-corrected chi connectivity index (χ4v) is 5.35. The Morgan fingerprint density at radius 3 is 1.87 bits per heavy atom. The van der Waals surface area contributed by atoms with Gasteiger partial charge in [0.25, 0.3) is 5.69 Å². The second-order valence-electron chi connectivity index (χ2n) is 12.3. The van der Waals surface area contributed by atoms with Gasteiger partial charge in [0.15, 0.2) is 6.10 Å². The average Bonchev–Trinajstić information content (AvgIpc) is 3.06. The number of anilines is 1. The minimum absolute atomic E-state index is 0.109. The van der Waals surface area contributed by atoms with E-state index in [9.17, 15) is 24.8 Å². The lowest BCUT2D eigenvalue weighted by Gasteiger charge is -2.15. The number of aliphatic hydroxyl groups is 1. The van der Waals surface area contributed by atoms with Crippen LogP contribution in [0.2, 0.25) is 0 Å². The lowest BCUT2D eigenvalue weighted by atomic mass is 10.1. The first kappa shape index (κ1) is 41.7. The Bertz CT molecular complexity index is 1050. The third-order valence-corrected chi connectivity index (χ3v) is 8.13. The molecule has 0 radical (unpaired) electrons. The molecule has 1 aromatic rings. The van der Waals surface area contributed by atoms with E-state index in [1.54, 1.807) is 12.1 Å². The number of azide groups is 1. The van der Waals surface area contributed by atoms with Gasteiger partial charge in [-0.15, -0.1) is 0 Å². The molecule has 1 atom stereocenters. The van der Waals surface area contributed by atoms with Crippen LogP contribution < -0.4 is 5.32 Å². The molecule has 0 fully saturated rings. The van der Waals surface area contributed by atoms with Crippen LogP contribution >= 0.6 is 0 Å². The number of nitrogens with one attached hydrogen (secondary N) is 1. The standard InChI is InChI=1S/C35H59N5O7/c1-2-3-4-5-6-7-8-10-13-16-19-22-34(42)46-29-31(28-41)47-35(43)23-20-17-14-11-9-12-15-18-21-26-37-32-25-24-30(38-39-36)27-33(32)40(44)45/h24-25,27,31,37,41H,2-23,26,28-29H2,1H3/t31-/m0/s1. The van der Waals surface area contributed by atoms with Crippen molar-refractivity contribution >= 4 is 29.0 Å².